The van der Waals surface area contributed by atoms with Crippen molar-refractivity contribution >= 4 is 34.1 Å². The van der Waals surface area contributed by atoms with Crippen LogP contribution in [0.15, 0.2) is 83.5 Å². The maximum atomic E-state index is 12.5. The van der Waals surface area contributed by atoms with Crippen LogP contribution < -0.4 is 10.1 Å². The lowest BCUT2D eigenvalue weighted by molar-refractivity contribution is -0.116. The molecule has 0 aliphatic carbocycles. The normalized spacial score (nSPS) is 11.5. The lowest BCUT2D eigenvalue weighted by Gasteiger charge is -2.10. The zero-order chi connectivity index (χ0) is 21.8. The lowest BCUT2D eigenvalue weighted by Crippen LogP contribution is -2.20. The number of rotatable bonds is 6. The van der Waals surface area contributed by atoms with Crippen LogP contribution in [0, 0.1) is 0 Å². The van der Waals surface area contributed by atoms with Crippen LogP contribution in [-0.4, -0.2) is 13.0 Å². The largest absolute Gasteiger partial charge is 0.496 e. The fraction of sp³-hybridized carbons (Fsp3) is 0.115. The Morgan fingerprint density at radius 2 is 1.84 bits per heavy atom. The van der Waals surface area contributed by atoms with E-state index in [1.54, 1.807) is 25.5 Å². The second-order valence-electron chi connectivity index (χ2n) is 7.20. The van der Waals surface area contributed by atoms with Crippen LogP contribution in [0.5, 0.6) is 5.75 Å². The van der Waals surface area contributed by atoms with Gasteiger partial charge in [0.2, 0.25) is 5.91 Å². The summed E-state index contributed by atoms with van der Waals surface area (Å²) in [5.74, 6) is 0.448. The molecular formula is C26H22ClNO3. The van der Waals surface area contributed by atoms with Gasteiger partial charge in [-0.15, -0.1) is 0 Å². The van der Waals surface area contributed by atoms with Crippen molar-refractivity contribution in [1.82, 2.24) is 5.32 Å². The Labute approximate surface area is 186 Å². The highest BCUT2D eigenvalue weighted by molar-refractivity contribution is 6.31. The first kappa shape index (κ1) is 20.8. The first-order valence-corrected chi connectivity index (χ1v) is 10.3. The van der Waals surface area contributed by atoms with E-state index in [2.05, 4.69) is 5.32 Å². The molecule has 0 spiro atoms. The highest BCUT2D eigenvalue weighted by Gasteiger charge is 2.15. The zero-order valence-corrected chi connectivity index (χ0v) is 18.1. The number of allylic oxidation sites excluding steroid dienone is 1. The summed E-state index contributed by atoms with van der Waals surface area (Å²) in [6.45, 7) is 2.25. The Kier molecular flexibility index (Phi) is 6.10. The first-order valence-electron chi connectivity index (χ1n) is 9.91. The van der Waals surface area contributed by atoms with Crippen molar-refractivity contribution in [3.63, 3.8) is 0 Å². The van der Waals surface area contributed by atoms with E-state index < -0.39 is 0 Å². The topological polar surface area (TPSA) is 51.5 Å². The molecule has 4 nitrogen and oxygen atoms in total. The van der Waals surface area contributed by atoms with E-state index in [1.165, 1.54) is 0 Å². The average Bonchev–Trinajstić information content (AvgIpc) is 3.21. The smallest absolute Gasteiger partial charge is 0.244 e. The van der Waals surface area contributed by atoms with E-state index in [9.17, 15) is 4.79 Å². The zero-order valence-electron chi connectivity index (χ0n) is 17.3. The Hall–Kier alpha value is -3.50. The summed E-state index contributed by atoms with van der Waals surface area (Å²) in [5, 5.41) is 4.48. The van der Waals surface area contributed by atoms with Crippen molar-refractivity contribution in [3.8, 4) is 16.9 Å². The number of furan rings is 1. The van der Waals surface area contributed by atoms with Crippen LogP contribution in [0.4, 0.5) is 0 Å². The SMILES string of the molecule is COc1cc2occ(-c3ccccc3)c2cc1/C(C)=C/C(=O)NCc1ccccc1Cl. The van der Waals surface area contributed by atoms with Crippen LogP contribution in [0.1, 0.15) is 18.1 Å². The fourth-order valence-electron chi connectivity index (χ4n) is 3.52. The van der Waals surface area contributed by atoms with Crippen molar-refractivity contribution in [2.24, 2.45) is 0 Å². The van der Waals surface area contributed by atoms with E-state index in [0.717, 1.165) is 38.8 Å². The molecule has 0 unspecified atom stereocenters. The van der Waals surface area contributed by atoms with E-state index >= 15 is 0 Å². The summed E-state index contributed by atoms with van der Waals surface area (Å²) in [6, 6.07) is 21.4. The lowest BCUT2D eigenvalue weighted by atomic mass is 9.99. The third-order valence-corrected chi connectivity index (χ3v) is 5.53. The van der Waals surface area contributed by atoms with Gasteiger partial charge in [-0.2, -0.15) is 0 Å². The number of amides is 1. The van der Waals surface area contributed by atoms with Crippen LogP contribution in [0.2, 0.25) is 5.02 Å². The molecule has 0 aliphatic heterocycles. The number of methoxy groups -OCH3 is 1. The number of hydrogen-bond acceptors (Lipinski definition) is 3. The fourth-order valence-corrected chi connectivity index (χ4v) is 3.73. The second kappa shape index (κ2) is 9.11. The number of ether oxygens (including phenoxy) is 1. The Morgan fingerprint density at radius 1 is 1.10 bits per heavy atom. The molecule has 0 bridgehead atoms. The number of hydrogen-bond donors (Lipinski definition) is 1. The van der Waals surface area contributed by atoms with Gasteiger partial charge in [0.15, 0.2) is 0 Å². The third kappa shape index (κ3) is 4.49. The molecule has 1 amide bonds. The number of halogens is 1. The number of nitrogens with one attached hydrogen (secondary N) is 1. The molecule has 1 aromatic heterocycles. The van der Waals surface area contributed by atoms with Crippen LogP contribution >= 0.6 is 11.6 Å². The van der Waals surface area contributed by atoms with Gasteiger partial charge in [0.25, 0.3) is 0 Å². The minimum Gasteiger partial charge on any atom is -0.496 e. The molecule has 1 N–H and O–H groups in total. The van der Waals surface area contributed by atoms with Crippen molar-refractivity contribution in [2.45, 2.75) is 13.5 Å². The van der Waals surface area contributed by atoms with Gasteiger partial charge in [0, 0.05) is 40.2 Å². The van der Waals surface area contributed by atoms with Crippen molar-refractivity contribution in [2.75, 3.05) is 7.11 Å². The van der Waals surface area contributed by atoms with Gasteiger partial charge in [-0.25, -0.2) is 0 Å². The maximum absolute atomic E-state index is 12.5. The van der Waals surface area contributed by atoms with E-state index in [0.29, 0.717) is 17.3 Å². The van der Waals surface area contributed by atoms with Gasteiger partial charge in [0.05, 0.1) is 13.4 Å². The summed E-state index contributed by atoms with van der Waals surface area (Å²) in [5.41, 5.74) is 5.29. The van der Waals surface area contributed by atoms with Crippen molar-refractivity contribution in [3.05, 3.63) is 95.2 Å². The van der Waals surface area contributed by atoms with Crippen LogP contribution in [0.25, 0.3) is 27.7 Å². The monoisotopic (exact) mass is 431 g/mol. The van der Waals surface area contributed by atoms with Crippen LogP contribution in [0.3, 0.4) is 0 Å². The molecule has 0 atom stereocenters. The van der Waals surface area contributed by atoms with Gasteiger partial charge in [0.1, 0.15) is 11.3 Å². The van der Waals surface area contributed by atoms with E-state index in [4.69, 9.17) is 20.8 Å². The third-order valence-electron chi connectivity index (χ3n) is 5.16. The molecule has 4 aromatic rings. The molecule has 156 valence electrons. The van der Waals surface area contributed by atoms with Crippen LogP contribution in [-0.2, 0) is 11.3 Å². The average molecular weight is 432 g/mol. The Bertz CT molecular complexity index is 1260. The molecule has 0 aliphatic rings. The quantitative estimate of drug-likeness (QED) is 0.355. The molecule has 0 saturated heterocycles. The number of benzene rings is 3. The molecule has 5 heteroatoms. The van der Waals surface area contributed by atoms with Gasteiger partial charge in [-0.1, -0.05) is 60.1 Å². The predicted molar refractivity (Wildman–Crippen MR) is 125 cm³/mol. The summed E-state index contributed by atoms with van der Waals surface area (Å²) in [6.07, 6.45) is 3.32. The molecule has 31 heavy (non-hydrogen) atoms. The Morgan fingerprint density at radius 3 is 2.58 bits per heavy atom. The summed E-state index contributed by atoms with van der Waals surface area (Å²) >= 11 is 6.17. The minimum absolute atomic E-state index is 0.199. The standard InChI is InChI=1S/C26H22ClNO3/c1-17(12-26(29)28-15-19-10-6-7-11-23(19)27)20-13-21-22(18-8-4-3-5-9-18)16-31-25(21)14-24(20)30-2/h3-14,16H,15H2,1-2H3,(H,28,29)/b17-12+. The molecule has 4 rings (SSSR count). The number of carbonyl (C=O) groups excluding carboxylic acids is 1. The molecular weight excluding hydrogens is 410 g/mol. The van der Waals surface area contributed by atoms with Gasteiger partial charge < -0.3 is 14.5 Å². The summed E-state index contributed by atoms with van der Waals surface area (Å²) < 4.78 is 11.3. The Balaban J connectivity index is 1.64. The first-order chi connectivity index (χ1) is 15.1. The highest BCUT2D eigenvalue weighted by Crippen LogP contribution is 2.37. The molecule has 0 saturated carbocycles. The number of fused-ring (bicyclic) bond motifs is 1. The van der Waals surface area contributed by atoms with Gasteiger partial charge >= 0.3 is 0 Å². The molecule has 1 heterocycles. The maximum Gasteiger partial charge on any atom is 0.244 e. The van der Waals surface area contributed by atoms with E-state index in [1.807, 2.05) is 67.6 Å². The molecule has 0 fully saturated rings. The van der Waals surface area contributed by atoms with E-state index in [-0.39, 0.29) is 5.91 Å². The summed E-state index contributed by atoms with van der Waals surface area (Å²) in [4.78, 5) is 12.5. The van der Waals surface area contributed by atoms with Crippen molar-refractivity contribution in [1.29, 1.82) is 0 Å². The molecule has 0 radical (unpaired) electrons. The van der Waals surface area contributed by atoms with Crippen molar-refractivity contribution < 1.29 is 13.9 Å². The minimum atomic E-state index is -0.199. The summed E-state index contributed by atoms with van der Waals surface area (Å²) in [7, 11) is 1.61. The predicted octanol–water partition coefficient (Wildman–Crippen LogP) is 6.48. The highest BCUT2D eigenvalue weighted by atomic mass is 35.5. The van der Waals surface area contributed by atoms with Gasteiger partial charge in [-0.05, 0) is 35.8 Å². The number of carbonyl (C=O) groups is 1. The second-order valence-corrected chi connectivity index (χ2v) is 7.61. The van der Waals surface area contributed by atoms with Gasteiger partial charge in [-0.3, -0.25) is 4.79 Å². The molecule has 3 aromatic carbocycles.